The third-order valence-corrected chi connectivity index (χ3v) is 6.37. The van der Waals surface area contributed by atoms with Gasteiger partial charge in [-0.15, -0.1) is 12.4 Å². The number of rotatable bonds is 6. The number of pyridine rings is 2. The molecule has 34 heavy (non-hydrogen) atoms. The van der Waals surface area contributed by atoms with Crippen molar-refractivity contribution >= 4 is 23.3 Å². The number of nitrogens with one attached hydrogen (secondary N) is 1. The highest BCUT2D eigenvalue weighted by atomic mass is 35.5. The molecule has 0 saturated carbocycles. The lowest BCUT2D eigenvalue weighted by Crippen LogP contribution is -2.30. The maximum absolute atomic E-state index is 12.8. The first-order valence-electron chi connectivity index (χ1n) is 11.4. The molecule has 4 aromatic rings. The van der Waals surface area contributed by atoms with Crippen molar-refractivity contribution in [2.24, 2.45) is 5.92 Å². The number of fused-ring (bicyclic) bond motifs is 1. The van der Waals surface area contributed by atoms with Gasteiger partial charge < -0.3 is 19.1 Å². The van der Waals surface area contributed by atoms with Crippen molar-refractivity contribution in [2.75, 3.05) is 19.7 Å². The summed E-state index contributed by atoms with van der Waals surface area (Å²) >= 11 is 0. The first-order chi connectivity index (χ1) is 16.1. The van der Waals surface area contributed by atoms with Crippen molar-refractivity contribution < 1.29 is 9.26 Å². The molecule has 0 spiro atoms. The molecule has 0 radical (unpaired) electrons. The van der Waals surface area contributed by atoms with Crippen LogP contribution in [0.1, 0.15) is 30.0 Å². The summed E-state index contributed by atoms with van der Waals surface area (Å²) in [5, 5.41) is 8.50. The third kappa shape index (κ3) is 4.86. The molecule has 0 unspecified atom stereocenters. The molecule has 0 atom stereocenters. The molecular weight excluding hydrogens is 452 g/mol. The summed E-state index contributed by atoms with van der Waals surface area (Å²) in [6.07, 6.45) is 3.94. The third-order valence-electron chi connectivity index (χ3n) is 6.37. The summed E-state index contributed by atoms with van der Waals surface area (Å²) in [7, 11) is 0. The van der Waals surface area contributed by atoms with Crippen LogP contribution in [0.2, 0.25) is 0 Å². The normalized spacial score (nSPS) is 14.2. The fourth-order valence-corrected chi connectivity index (χ4v) is 4.58. The van der Waals surface area contributed by atoms with Crippen LogP contribution in [0.5, 0.6) is 5.75 Å². The topological polar surface area (TPSA) is 82.2 Å². The van der Waals surface area contributed by atoms with Crippen LogP contribution in [0.15, 0.2) is 58.0 Å². The van der Waals surface area contributed by atoms with Crippen LogP contribution in [0.25, 0.3) is 22.0 Å². The van der Waals surface area contributed by atoms with E-state index in [1.165, 1.54) is 0 Å². The maximum atomic E-state index is 12.8. The highest BCUT2D eigenvalue weighted by Gasteiger charge is 2.20. The van der Waals surface area contributed by atoms with Crippen LogP contribution in [-0.2, 0) is 6.54 Å². The maximum Gasteiger partial charge on any atom is 0.251 e. The zero-order valence-corrected chi connectivity index (χ0v) is 20.2. The van der Waals surface area contributed by atoms with E-state index in [1.54, 1.807) is 16.8 Å². The van der Waals surface area contributed by atoms with Gasteiger partial charge in [0.15, 0.2) is 0 Å². The number of halogens is 1. The standard InChI is InChI=1S/C26H28N4O3.ClH/c1-17-26(18(2)33-29-17)22-13-20-6-7-25(31)30(15-21-5-3-4-10-28-21)23(20)14-24(22)32-16-19-8-11-27-12-9-19;/h3-7,10,13-14,19,27H,8-9,11-12,15-16H2,1-2H3;1H. The Kier molecular flexibility index (Phi) is 7.34. The number of ether oxygens (including phenoxy) is 1. The minimum absolute atomic E-state index is 0. The van der Waals surface area contributed by atoms with Crippen LogP contribution in [0.4, 0.5) is 0 Å². The highest BCUT2D eigenvalue weighted by molar-refractivity contribution is 5.89. The predicted molar refractivity (Wildman–Crippen MR) is 135 cm³/mol. The van der Waals surface area contributed by atoms with Crippen LogP contribution in [-0.4, -0.2) is 34.4 Å². The van der Waals surface area contributed by atoms with E-state index in [0.717, 1.165) is 70.9 Å². The summed E-state index contributed by atoms with van der Waals surface area (Å²) in [4.78, 5) is 17.2. The molecule has 1 N–H and O–H groups in total. The molecule has 5 rings (SSSR count). The molecule has 1 saturated heterocycles. The molecule has 0 bridgehead atoms. The van der Waals surface area contributed by atoms with E-state index in [2.05, 4.69) is 21.5 Å². The van der Waals surface area contributed by atoms with Gasteiger partial charge in [-0.3, -0.25) is 9.78 Å². The van der Waals surface area contributed by atoms with Gasteiger partial charge in [-0.2, -0.15) is 0 Å². The average Bonchev–Trinajstić information content (AvgIpc) is 3.18. The molecule has 1 aliphatic rings. The molecule has 4 heterocycles. The summed E-state index contributed by atoms with van der Waals surface area (Å²) in [6, 6.07) is 13.3. The van der Waals surface area contributed by atoms with Crippen molar-refractivity contribution in [1.29, 1.82) is 0 Å². The van der Waals surface area contributed by atoms with Crippen LogP contribution < -0.4 is 15.6 Å². The van der Waals surface area contributed by atoms with Crippen LogP contribution in [0.3, 0.4) is 0 Å². The van der Waals surface area contributed by atoms with Crippen molar-refractivity contribution in [3.05, 3.63) is 76.2 Å². The van der Waals surface area contributed by atoms with E-state index in [1.807, 2.05) is 44.2 Å². The van der Waals surface area contributed by atoms with Gasteiger partial charge in [-0.25, -0.2) is 0 Å². The Morgan fingerprint density at radius 2 is 1.97 bits per heavy atom. The number of hydrogen-bond donors (Lipinski definition) is 1. The van der Waals surface area contributed by atoms with Gasteiger partial charge in [0.2, 0.25) is 0 Å². The van der Waals surface area contributed by atoms with Crippen molar-refractivity contribution in [1.82, 2.24) is 20.0 Å². The molecule has 0 aliphatic carbocycles. The molecule has 178 valence electrons. The first kappa shape index (κ1) is 24.0. The number of aromatic nitrogens is 3. The molecule has 8 heteroatoms. The Hall–Kier alpha value is -3.16. The molecule has 7 nitrogen and oxygen atoms in total. The Balaban J connectivity index is 0.00000274. The zero-order valence-electron chi connectivity index (χ0n) is 19.4. The summed E-state index contributed by atoms with van der Waals surface area (Å²) in [5.74, 6) is 2.00. The van der Waals surface area contributed by atoms with E-state index in [0.29, 0.717) is 19.1 Å². The molecule has 3 aromatic heterocycles. The lowest BCUT2D eigenvalue weighted by Gasteiger charge is -2.23. The van der Waals surface area contributed by atoms with Crippen molar-refractivity contribution in [3.8, 4) is 16.9 Å². The van der Waals surface area contributed by atoms with Crippen molar-refractivity contribution in [2.45, 2.75) is 33.2 Å². The van der Waals surface area contributed by atoms with E-state index in [4.69, 9.17) is 9.26 Å². The van der Waals surface area contributed by atoms with Gasteiger partial charge in [0.25, 0.3) is 5.56 Å². The fraction of sp³-hybridized carbons (Fsp3) is 0.346. The Morgan fingerprint density at radius 1 is 1.15 bits per heavy atom. The molecule has 1 aliphatic heterocycles. The average molecular weight is 481 g/mol. The monoisotopic (exact) mass is 480 g/mol. The fourth-order valence-electron chi connectivity index (χ4n) is 4.58. The number of nitrogens with zero attached hydrogens (tertiary/aromatic N) is 3. The number of piperidine rings is 1. The van der Waals surface area contributed by atoms with Gasteiger partial charge in [-0.1, -0.05) is 11.2 Å². The Bertz CT molecular complexity index is 1310. The Morgan fingerprint density at radius 3 is 2.68 bits per heavy atom. The van der Waals surface area contributed by atoms with Gasteiger partial charge in [0, 0.05) is 23.9 Å². The second-order valence-corrected chi connectivity index (χ2v) is 8.69. The van der Waals surface area contributed by atoms with Gasteiger partial charge in [-0.05, 0) is 75.3 Å². The van der Waals surface area contributed by atoms with E-state index in [-0.39, 0.29) is 18.0 Å². The quantitative estimate of drug-likeness (QED) is 0.437. The molecule has 0 amide bonds. The number of benzene rings is 1. The molecule has 1 fully saturated rings. The summed E-state index contributed by atoms with van der Waals surface area (Å²) in [6.45, 7) is 6.93. The molecular formula is C26H29ClN4O3. The SMILES string of the molecule is Cc1noc(C)c1-c1cc2ccc(=O)n(Cc3ccccn3)c2cc1OCC1CCNCC1.Cl. The minimum Gasteiger partial charge on any atom is -0.493 e. The number of hydrogen-bond acceptors (Lipinski definition) is 6. The van der Waals surface area contributed by atoms with Crippen LogP contribution >= 0.6 is 12.4 Å². The second-order valence-electron chi connectivity index (χ2n) is 8.69. The molecule has 1 aromatic carbocycles. The van der Waals surface area contributed by atoms with Crippen molar-refractivity contribution in [3.63, 3.8) is 0 Å². The smallest absolute Gasteiger partial charge is 0.251 e. The predicted octanol–water partition coefficient (Wildman–Crippen LogP) is 4.52. The number of aryl methyl sites for hydroxylation is 2. The minimum atomic E-state index is -0.0671. The van der Waals surface area contributed by atoms with Gasteiger partial charge >= 0.3 is 0 Å². The van der Waals surface area contributed by atoms with E-state index < -0.39 is 0 Å². The Labute approximate surface area is 204 Å². The largest absolute Gasteiger partial charge is 0.493 e. The summed E-state index contributed by atoms with van der Waals surface area (Å²) in [5.41, 5.74) is 4.29. The summed E-state index contributed by atoms with van der Waals surface area (Å²) < 4.78 is 13.6. The second kappa shape index (κ2) is 10.4. The lowest BCUT2D eigenvalue weighted by molar-refractivity contribution is 0.216. The highest BCUT2D eigenvalue weighted by Crippen LogP contribution is 2.38. The van der Waals surface area contributed by atoms with E-state index >= 15 is 0 Å². The van der Waals surface area contributed by atoms with Gasteiger partial charge in [0.1, 0.15) is 11.5 Å². The first-order valence-corrected chi connectivity index (χ1v) is 11.4. The zero-order chi connectivity index (χ0) is 22.8. The van der Waals surface area contributed by atoms with Crippen LogP contribution in [0, 0.1) is 19.8 Å². The van der Waals surface area contributed by atoms with E-state index in [9.17, 15) is 4.79 Å². The lowest BCUT2D eigenvalue weighted by atomic mass is 9.98. The van der Waals surface area contributed by atoms with Gasteiger partial charge in [0.05, 0.1) is 35.6 Å².